The molecule has 1 nitrogen and oxygen atoms in total. The highest BCUT2D eigenvalue weighted by Gasteiger charge is 2.47. The maximum Gasteiger partial charge on any atom is 0.122 e. The molecule has 0 aromatic rings. The summed E-state index contributed by atoms with van der Waals surface area (Å²) in [5.74, 6) is 0.936. The summed E-state index contributed by atoms with van der Waals surface area (Å²) in [7, 11) is 0. The van der Waals surface area contributed by atoms with Crippen LogP contribution < -0.4 is 5.73 Å². The van der Waals surface area contributed by atoms with Crippen molar-refractivity contribution in [1.29, 1.82) is 0 Å². The van der Waals surface area contributed by atoms with Gasteiger partial charge >= 0.3 is 0 Å². The van der Waals surface area contributed by atoms with Crippen molar-refractivity contribution in [2.24, 2.45) is 17.6 Å². The van der Waals surface area contributed by atoms with Crippen LogP contribution in [0.1, 0.15) is 39.5 Å². The Morgan fingerprint density at radius 1 is 1.43 bits per heavy atom. The van der Waals surface area contributed by atoms with Crippen LogP contribution in [0.15, 0.2) is 11.6 Å². The number of hydrogen-bond acceptors (Lipinski definition) is 1. The highest BCUT2D eigenvalue weighted by Crippen LogP contribution is 2.45. The van der Waals surface area contributed by atoms with Crippen molar-refractivity contribution in [1.82, 2.24) is 0 Å². The molecule has 4 atom stereocenters. The van der Waals surface area contributed by atoms with E-state index in [4.69, 9.17) is 5.73 Å². The maximum absolute atomic E-state index is 13.9. The van der Waals surface area contributed by atoms with Gasteiger partial charge in [-0.15, -0.1) is 0 Å². The molecule has 0 aromatic heterocycles. The topological polar surface area (TPSA) is 26.0 Å². The summed E-state index contributed by atoms with van der Waals surface area (Å²) in [6, 6.07) is 0. The molecule has 0 heterocycles. The summed E-state index contributed by atoms with van der Waals surface area (Å²) >= 11 is 0. The second kappa shape index (κ2) is 3.34. The van der Waals surface area contributed by atoms with Gasteiger partial charge in [-0.3, -0.25) is 0 Å². The summed E-state index contributed by atoms with van der Waals surface area (Å²) < 4.78 is 13.9. The molecule has 2 rings (SSSR count). The molecule has 0 amide bonds. The Hall–Kier alpha value is -0.370. The standard InChI is InChI=1S/C12H20FN/c1-8-3-5-10-9(2)4-6-11(13)12(10,14)7-8/h7,9-11H,3-6,14H2,1-2H3/t9-,10+,11?,12-/m1/s1. The Bertz CT molecular complexity index is 261. The predicted molar refractivity (Wildman–Crippen MR) is 56.7 cm³/mol. The van der Waals surface area contributed by atoms with Gasteiger partial charge in [0.2, 0.25) is 0 Å². The van der Waals surface area contributed by atoms with Crippen LogP contribution in [-0.2, 0) is 0 Å². The van der Waals surface area contributed by atoms with E-state index in [-0.39, 0.29) is 0 Å². The second-order valence-electron chi connectivity index (χ2n) is 5.16. The SMILES string of the molecule is CC1=C[C@]2(N)C(F)CC[C@@H](C)[C@@H]2CC1. The zero-order valence-corrected chi connectivity index (χ0v) is 9.09. The molecule has 0 aliphatic heterocycles. The Labute approximate surface area is 85.6 Å². The lowest BCUT2D eigenvalue weighted by Crippen LogP contribution is -2.59. The zero-order chi connectivity index (χ0) is 10.3. The van der Waals surface area contributed by atoms with E-state index in [1.807, 2.05) is 6.08 Å². The van der Waals surface area contributed by atoms with E-state index in [0.717, 1.165) is 19.3 Å². The number of halogens is 1. The van der Waals surface area contributed by atoms with E-state index in [2.05, 4.69) is 13.8 Å². The van der Waals surface area contributed by atoms with Crippen LogP contribution in [0.3, 0.4) is 0 Å². The van der Waals surface area contributed by atoms with Gasteiger partial charge in [0, 0.05) is 0 Å². The Balaban J connectivity index is 2.33. The van der Waals surface area contributed by atoms with Crippen LogP contribution in [0.25, 0.3) is 0 Å². The third kappa shape index (κ3) is 1.40. The molecule has 0 bridgehead atoms. The molecule has 1 saturated carbocycles. The van der Waals surface area contributed by atoms with E-state index >= 15 is 0 Å². The van der Waals surface area contributed by atoms with Gasteiger partial charge in [-0.2, -0.15) is 0 Å². The van der Waals surface area contributed by atoms with Crippen molar-refractivity contribution in [3.63, 3.8) is 0 Å². The molecule has 2 aliphatic carbocycles. The minimum Gasteiger partial charge on any atom is -0.319 e. The number of fused-ring (bicyclic) bond motifs is 1. The summed E-state index contributed by atoms with van der Waals surface area (Å²) in [6.07, 6.45) is 4.97. The number of nitrogens with two attached hydrogens (primary N) is 1. The first-order valence-corrected chi connectivity index (χ1v) is 5.65. The summed E-state index contributed by atoms with van der Waals surface area (Å²) in [5, 5.41) is 0. The van der Waals surface area contributed by atoms with Gasteiger partial charge in [0.1, 0.15) is 6.17 Å². The Kier molecular flexibility index (Phi) is 2.42. The van der Waals surface area contributed by atoms with Crippen molar-refractivity contribution in [3.8, 4) is 0 Å². The average molecular weight is 197 g/mol. The molecule has 14 heavy (non-hydrogen) atoms. The van der Waals surface area contributed by atoms with Crippen LogP contribution >= 0.6 is 0 Å². The number of hydrogen-bond donors (Lipinski definition) is 1. The zero-order valence-electron chi connectivity index (χ0n) is 9.09. The average Bonchev–Trinajstić information content (AvgIpc) is 2.11. The van der Waals surface area contributed by atoms with Crippen molar-refractivity contribution < 1.29 is 4.39 Å². The second-order valence-corrected chi connectivity index (χ2v) is 5.16. The first-order valence-electron chi connectivity index (χ1n) is 5.65. The van der Waals surface area contributed by atoms with Gasteiger partial charge in [-0.05, 0) is 44.4 Å². The minimum atomic E-state index is -0.834. The van der Waals surface area contributed by atoms with Gasteiger partial charge in [-0.1, -0.05) is 18.6 Å². The van der Waals surface area contributed by atoms with Crippen molar-refractivity contribution in [2.45, 2.75) is 51.2 Å². The fourth-order valence-electron chi connectivity index (χ4n) is 3.20. The molecule has 0 aromatic carbocycles. The molecule has 0 spiro atoms. The molecular weight excluding hydrogens is 177 g/mol. The fraction of sp³-hybridized carbons (Fsp3) is 0.833. The van der Waals surface area contributed by atoms with Crippen molar-refractivity contribution in [2.75, 3.05) is 0 Å². The van der Waals surface area contributed by atoms with Gasteiger partial charge in [-0.25, -0.2) is 4.39 Å². The fourth-order valence-corrected chi connectivity index (χ4v) is 3.20. The molecule has 80 valence electrons. The van der Waals surface area contributed by atoms with Crippen LogP contribution in [0.5, 0.6) is 0 Å². The Morgan fingerprint density at radius 2 is 2.14 bits per heavy atom. The quantitative estimate of drug-likeness (QED) is 0.594. The smallest absolute Gasteiger partial charge is 0.122 e. The third-order valence-electron chi connectivity index (χ3n) is 4.09. The van der Waals surface area contributed by atoms with E-state index in [0.29, 0.717) is 18.3 Å². The molecule has 1 fully saturated rings. The van der Waals surface area contributed by atoms with Gasteiger partial charge in [0.25, 0.3) is 0 Å². The summed E-state index contributed by atoms with van der Waals surface area (Å²) in [4.78, 5) is 0. The lowest BCUT2D eigenvalue weighted by atomic mass is 9.62. The van der Waals surface area contributed by atoms with Crippen molar-refractivity contribution in [3.05, 3.63) is 11.6 Å². The molecular formula is C12H20FN. The van der Waals surface area contributed by atoms with E-state index in [9.17, 15) is 4.39 Å². The number of rotatable bonds is 0. The predicted octanol–water partition coefficient (Wildman–Crippen LogP) is 2.81. The highest BCUT2D eigenvalue weighted by molar-refractivity contribution is 5.22. The molecule has 2 N–H and O–H groups in total. The van der Waals surface area contributed by atoms with Crippen LogP contribution in [0.2, 0.25) is 0 Å². The highest BCUT2D eigenvalue weighted by atomic mass is 19.1. The largest absolute Gasteiger partial charge is 0.319 e. The first-order chi connectivity index (χ1) is 6.54. The van der Waals surface area contributed by atoms with Crippen LogP contribution in [0.4, 0.5) is 4.39 Å². The molecule has 0 radical (unpaired) electrons. The first kappa shape index (κ1) is 10.2. The lowest BCUT2D eigenvalue weighted by molar-refractivity contribution is 0.0579. The van der Waals surface area contributed by atoms with E-state index in [1.165, 1.54) is 5.57 Å². The summed E-state index contributed by atoms with van der Waals surface area (Å²) in [5.41, 5.74) is 6.85. The number of allylic oxidation sites excluding steroid dienone is 1. The molecule has 1 unspecified atom stereocenters. The number of alkyl halides is 1. The normalized spacial score (nSPS) is 48.3. The summed E-state index contributed by atoms with van der Waals surface area (Å²) in [6.45, 7) is 4.28. The molecule has 2 aliphatic rings. The van der Waals surface area contributed by atoms with E-state index < -0.39 is 11.7 Å². The Morgan fingerprint density at radius 3 is 2.86 bits per heavy atom. The van der Waals surface area contributed by atoms with Crippen LogP contribution in [-0.4, -0.2) is 11.7 Å². The molecule has 2 heteroatoms. The van der Waals surface area contributed by atoms with Crippen molar-refractivity contribution >= 4 is 0 Å². The monoisotopic (exact) mass is 197 g/mol. The van der Waals surface area contributed by atoms with Crippen LogP contribution in [0, 0.1) is 11.8 Å². The molecule has 0 saturated heterocycles. The third-order valence-corrected chi connectivity index (χ3v) is 4.09. The van der Waals surface area contributed by atoms with Gasteiger partial charge in [0.15, 0.2) is 0 Å². The lowest BCUT2D eigenvalue weighted by Gasteiger charge is -2.48. The maximum atomic E-state index is 13.9. The van der Waals surface area contributed by atoms with E-state index in [1.54, 1.807) is 0 Å². The van der Waals surface area contributed by atoms with Gasteiger partial charge < -0.3 is 5.73 Å². The minimum absolute atomic E-state index is 0.356. The van der Waals surface area contributed by atoms with Gasteiger partial charge in [0.05, 0.1) is 5.54 Å².